The van der Waals surface area contributed by atoms with E-state index in [4.69, 9.17) is 0 Å². The Kier molecular flexibility index (Phi) is 3.57. The summed E-state index contributed by atoms with van der Waals surface area (Å²) in [5, 5.41) is 3.63. The Morgan fingerprint density at radius 3 is 2.42 bits per heavy atom. The van der Waals surface area contributed by atoms with Crippen molar-refractivity contribution >= 4 is 0 Å². The van der Waals surface area contributed by atoms with Crippen LogP contribution in [-0.4, -0.2) is 12.1 Å². The lowest BCUT2D eigenvalue weighted by Crippen LogP contribution is -2.44. The molecule has 0 bridgehead atoms. The van der Waals surface area contributed by atoms with Gasteiger partial charge in [0.25, 0.3) is 0 Å². The Hall–Kier alpha value is -0.0400. The molecule has 1 rings (SSSR count). The molecule has 12 heavy (non-hydrogen) atoms. The van der Waals surface area contributed by atoms with Crippen molar-refractivity contribution in [2.24, 2.45) is 11.8 Å². The van der Waals surface area contributed by atoms with Crippen molar-refractivity contribution in [1.82, 2.24) is 5.32 Å². The average molecular weight is 169 g/mol. The Morgan fingerprint density at radius 1 is 1.25 bits per heavy atom. The zero-order valence-electron chi connectivity index (χ0n) is 8.93. The summed E-state index contributed by atoms with van der Waals surface area (Å²) >= 11 is 0. The molecule has 3 atom stereocenters. The minimum Gasteiger partial charge on any atom is -0.312 e. The molecule has 72 valence electrons. The SMILES string of the molecule is CC(C)CC1CCC(C)NC1C. The van der Waals surface area contributed by atoms with Crippen LogP contribution in [0.2, 0.25) is 0 Å². The zero-order chi connectivity index (χ0) is 9.14. The smallest absolute Gasteiger partial charge is 0.00695 e. The van der Waals surface area contributed by atoms with Gasteiger partial charge in [0.05, 0.1) is 0 Å². The van der Waals surface area contributed by atoms with Crippen LogP contribution in [0, 0.1) is 11.8 Å². The molecule has 1 aliphatic heterocycles. The highest BCUT2D eigenvalue weighted by molar-refractivity contribution is 4.82. The largest absolute Gasteiger partial charge is 0.312 e. The van der Waals surface area contributed by atoms with Gasteiger partial charge in [0.1, 0.15) is 0 Å². The zero-order valence-corrected chi connectivity index (χ0v) is 8.93. The molecule has 1 aliphatic rings. The van der Waals surface area contributed by atoms with E-state index in [0.29, 0.717) is 0 Å². The van der Waals surface area contributed by atoms with Crippen LogP contribution in [0.1, 0.15) is 47.0 Å². The van der Waals surface area contributed by atoms with Crippen LogP contribution in [-0.2, 0) is 0 Å². The summed E-state index contributed by atoms with van der Waals surface area (Å²) in [6.07, 6.45) is 4.18. The van der Waals surface area contributed by atoms with E-state index < -0.39 is 0 Å². The molecule has 0 aromatic rings. The first-order valence-corrected chi connectivity index (χ1v) is 5.35. The summed E-state index contributed by atoms with van der Waals surface area (Å²) in [4.78, 5) is 0. The van der Waals surface area contributed by atoms with Gasteiger partial charge in [-0.3, -0.25) is 0 Å². The summed E-state index contributed by atoms with van der Waals surface area (Å²) < 4.78 is 0. The highest BCUT2D eigenvalue weighted by Crippen LogP contribution is 2.25. The monoisotopic (exact) mass is 169 g/mol. The lowest BCUT2D eigenvalue weighted by atomic mass is 9.83. The fourth-order valence-electron chi connectivity index (χ4n) is 2.31. The van der Waals surface area contributed by atoms with Gasteiger partial charge in [-0.15, -0.1) is 0 Å². The highest BCUT2D eigenvalue weighted by Gasteiger charge is 2.24. The standard InChI is InChI=1S/C11H23N/c1-8(2)7-11-6-5-9(3)12-10(11)4/h8-12H,5-7H2,1-4H3. The number of hydrogen-bond donors (Lipinski definition) is 1. The van der Waals surface area contributed by atoms with E-state index in [2.05, 4.69) is 33.0 Å². The van der Waals surface area contributed by atoms with Crippen LogP contribution in [0.15, 0.2) is 0 Å². The van der Waals surface area contributed by atoms with E-state index in [1.807, 2.05) is 0 Å². The van der Waals surface area contributed by atoms with Crippen molar-refractivity contribution in [3.05, 3.63) is 0 Å². The van der Waals surface area contributed by atoms with Crippen LogP contribution in [0.5, 0.6) is 0 Å². The van der Waals surface area contributed by atoms with Gasteiger partial charge in [-0.1, -0.05) is 13.8 Å². The second kappa shape index (κ2) is 4.27. The normalized spacial score (nSPS) is 37.2. The molecular weight excluding hydrogens is 146 g/mol. The maximum absolute atomic E-state index is 3.63. The fourth-order valence-corrected chi connectivity index (χ4v) is 2.31. The number of piperidine rings is 1. The number of nitrogens with one attached hydrogen (secondary N) is 1. The van der Waals surface area contributed by atoms with Gasteiger partial charge in [0, 0.05) is 12.1 Å². The lowest BCUT2D eigenvalue weighted by molar-refractivity contribution is 0.222. The van der Waals surface area contributed by atoms with Crippen molar-refractivity contribution < 1.29 is 0 Å². The summed E-state index contributed by atoms with van der Waals surface area (Å²) in [6.45, 7) is 9.28. The van der Waals surface area contributed by atoms with E-state index in [0.717, 1.165) is 23.9 Å². The van der Waals surface area contributed by atoms with E-state index in [1.54, 1.807) is 0 Å². The fraction of sp³-hybridized carbons (Fsp3) is 1.00. The van der Waals surface area contributed by atoms with Crippen LogP contribution < -0.4 is 5.32 Å². The Morgan fingerprint density at radius 2 is 1.92 bits per heavy atom. The van der Waals surface area contributed by atoms with E-state index >= 15 is 0 Å². The molecule has 1 N–H and O–H groups in total. The van der Waals surface area contributed by atoms with Crippen LogP contribution >= 0.6 is 0 Å². The van der Waals surface area contributed by atoms with Crippen molar-refractivity contribution in [2.75, 3.05) is 0 Å². The Labute approximate surface area is 76.9 Å². The molecule has 1 nitrogen and oxygen atoms in total. The predicted octanol–water partition coefficient (Wildman–Crippen LogP) is 2.81. The third-order valence-electron chi connectivity index (χ3n) is 3.00. The summed E-state index contributed by atoms with van der Waals surface area (Å²) in [7, 11) is 0. The second-order valence-electron chi connectivity index (χ2n) is 4.82. The molecule has 0 aromatic carbocycles. The van der Waals surface area contributed by atoms with Crippen molar-refractivity contribution in [2.45, 2.75) is 59.0 Å². The van der Waals surface area contributed by atoms with Gasteiger partial charge in [-0.05, 0) is 44.9 Å². The average Bonchev–Trinajstić information content (AvgIpc) is 1.94. The maximum atomic E-state index is 3.63. The molecular formula is C11H23N. The molecule has 3 unspecified atom stereocenters. The molecule has 1 heterocycles. The van der Waals surface area contributed by atoms with E-state index in [1.165, 1.54) is 19.3 Å². The molecule has 1 fully saturated rings. The van der Waals surface area contributed by atoms with Gasteiger partial charge in [0.2, 0.25) is 0 Å². The van der Waals surface area contributed by atoms with Crippen LogP contribution in [0.3, 0.4) is 0 Å². The second-order valence-corrected chi connectivity index (χ2v) is 4.82. The first-order valence-electron chi connectivity index (χ1n) is 5.35. The van der Waals surface area contributed by atoms with Gasteiger partial charge in [-0.2, -0.15) is 0 Å². The first-order chi connectivity index (χ1) is 5.59. The summed E-state index contributed by atoms with van der Waals surface area (Å²) in [5.74, 6) is 1.77. The quantitative estimate of drug-likeness (QED) is 0.670. The third-order valence-corrected chi connectivity index (χ3v) is 3.00. The van der Waals surface area contributed by atoms with Gasteiger partial charge < -0.3 is 5.32 Å². The Balaban J connectivity index is 2.34. The topological polar surface area (TPSA) is 12.0 Å². The molecule has 1 heteroatoms. The van der Waals surface area contributed by atoms with Gasteiger partial charge in [-0.25, -0.2) is 0 Å². The minimum absolute atomic E-state index is 0.733. The minimum atomic E-state index is 0.733. The molecule has 0 spiro atoms. The van der Waals surface area contributed by atoms with E-state index in [9.17, 15) is 0 Å². The Bertz CT molecular complexity index is 131. The van der Waals surface area contributed by atoms with Crippen molar-refractivity contribution in [3.63, 3.8) is 0 Å². The van der Waals surface area contributed by atoms with E-state index in [-0.39, 0.29) is 0 Å². The molecule has 1 saturated heterocycles. The molecule has 0 radical (unpaired) electrons. The summed E-state index contributed by atoms with van der Waals surface area (Å²) in [5.41, 5.74) is 0. The van der Waals surface area contributed by atoms with Crippen molar-refractivity contribution in [3.8, 4) is 0 Å². The van der Waals surface area contributed by atoms with Crippen LogP contribution in [0.25, 0.3) is 0 Å². The van der Waals surface area contributed by atoms with Crippen molar-refractivity contribution in [1.29, 1.82) is 0 Å². The van der Waals surface area contributed by atoms with Crippen LogP contribution in [0.4, 0.5) is 0 Å². The van der Waals surface area contributed by atoms with Gasteiger partial charge >= 0.3 is 0 Å². The van der Waals surface area contributed by atoms with Gasteiger partial charge in [0.15, 0.2) is 0 Å². The molecule has 0 aliphatic carbocycles. The number of rotatable bonds is 2. The summed E-state index contributed by atoms with van der Waals surface area (Å²) in [6, 6.07) is 1.47. The first kappa shape index (κ1) is 10.0. The highest BCUT2D eigenvalue weighted by atomic mass is 15.0. The molecule has 0 saturated carbocycles. The maximum Gasteiger partial charge on any atom is 0.00695 e. The predicted molar refractivity (Wildman–Crippen MR) is 54.2 cm³/mol. The lowest BCUT2D eigenvalue weighted by Gasteiger charge is -2.35. The molecule has 0 amide bonds. The molecule has 0 aromatic heterocycles. The number of hydrogen-bond acceptors (Lipinski definition) is 1. The third kappa shape index (κ3) is 2.78.